The number of morpholine rings is 1. The average molecular weight is 172 g/mol. The molecular weight excluding hydrogens is 150 g/mol. The van der Waals surface area contributed by atoms with Gasteiger partial charge in [0.15, 0.2) is 0 Å². The standard InChI is InChI=1S/C10H22NO/c1-3-4-5-6-11(2)7-9-12-10-8-11/h3-10H2,1-2H3/q+1. The minimum atomic E-state index is 0.961. The Balaban J connectivity index is 2.17. The van der Waals surface area contributed by atoms with Crippen LogP contribution in [-0.2, 0) is 4.74 Å². The van der Waals surface area contributed by atoms with Gasteiger partial charge in [0.1, 0.15) is 13.1 Å². The van der Waals surface area contributed by atoms with Gasteiger partial charge in [-0.25, -0.2) is 0 Å². The molecule has 0 unspecified atom stereocenters. The van der Waals surface area contributed by atoms with Crippen LogP contribution in [0.25, 0.3) is 0 Å². The largest absolute Gasteiger partial charge is 0.370 e. The van der Waals surface area contributed by atoms with Crippen LogP contribution in [-0.4, -0.2) is 44.4 Å². The highest BCUT2D eigenvalue weighted by Gasteiger charge is 2.23. The van der Waals surface area contributed by atoms with Gasteiger partial charge in [-0.1, -0.05) is 13.3 Å². The Labute approximate surface area is 76.1 Å². The molecule has 0 aromatic heterocycles. The number of quaternary nitrogens is 1. The van der Waals surface area contributed by atoms with Gasteiger partial charge in [0, 0.05) is 0 Å². The third-order valence-electron chi connectivity index (χ3n) is 2.85. The Morgan fingerprint density at radius 2 is 1.83 bits per heavy atom. The van der Waals surface area contributed by atoms with E-state index in [0.29, 0.717) is 0 Å². The highest BCUT2D eigenvalue weighted by atomic mass is 16.5. The molecule has 0 radical (unpaired) electrons. The lowest BCUT2D eigenvalue weighted by molar-refractivity contribution is -0.917. The van der Waals surface area contributed by atoms with Crippen molar-refractivity contribution in [2.24, 2.45) is 0 Å². The molecule has 0 spiro atoms. The summed E-state index contributed by atoms with van der Waals surface area (Å²) in [6.07, 6.45) is 4.10. The zero-order valence-electron chi connectivity index (χ0n) is 8.51. The number of nitrogens with zero attached hydrogens (tertiary/aromatic N) is 1. The van der Waals surface area contributed by atoms with Crippen molar-refractivity contribution in [3.63, 3.8) is 0 Å². The molecule has 72 valence electrons. The maximum atomic E-state index is 5.36. The summed E-state index contributed by atoms with van der Waals surface area (Å²) in [5.41, 5.74) is 0. The molecule has 0 amide bonds. The Hall–Kier alpha value is -0.0800. The molecule has 0 aliphatic carbocycles. The first kappa shape index (κ1) is 10.0. The lowest BCUT2D eigenvalue weighted by atomic mass is 10.2. The summed E-state index contributed by atoms with van der Waals surface area (Å²) in [7, 11) is 2.36. The summed E-state index contributed by atoms with van der Waals surface area (Å²) >= 11 is 0. The number of likely N-dealkylation sites (N-methyl/N-ethyl adjacent to an activating group) is 1. The second-order valence-electron chi connectivity index (χ2n) is 4.11. The Morgan fingerprint density at radius 3 is 2.42 bits per heavy atom. The lowest BCUT2D eigenvalue weighted by Gasteiger charge is -2.37. The minimum absolute atomic E-state index is 0.961. The van der Waals surface area contributed by atoms with E-state index in [1.165, 1.54) is 43.4 Å². The number of hydrogen-bond donors (Lipinski definition) is 0. The Morgan fingerprint density at radius 1 is 1.17 bits per heavy atom. The fraction of sp³-hybridized carbons (Fsp3) is 1.00. The zero-order valence-corrected chi connectivity index (χ0v) is 8.51. The summed E-state index contributed by atoms with van der Waals surface area (Å²) in [6.45, 7) is 7.95. The smallest absolute Gasteiger partial charge is 0.102 e. The van der Waals surface area contributed by atoms with Crippen LogP contribution >= 0.6 is 0 Å². The van der Waals surface area contributed by atoms with Crippen molar-refractivity contribution < 1.29 is 9.22 Å². The summed E-state index contributed by atoms with van der Waals surface area (Å²) in [5.74, 6) is 0. The molecule has 2 heteroatoms. The summed E-state index contributed by atoms with van der Waals surface area (Å²) < 4.78 is 6.59. The molecule has 0 saturated carbocycles. The fourth-order valence-corrected chi connectivity index (χ4v) is 1.75. The predicted molar refractivity (Wildman–Crippen MR) is 51.1 cm³/mol. The molecule has 12 heavy (non-hydrogen) atoms. The van der Waals surface area contributed by atoms with E-state index in [1.54, 1.807) is 0 Å². The van der Waals surface area contributed by atoms with Crippen LogP contribution in [0.15, 0.2) is 0 Å². The molecule has 1 heterocycles. The first-order chi connectivity index (χ1) is 5.77. The van der Waals surface area contributed by atoms with Crippen molar-refractivity contribution in [2.75, 3.05) is 39.9 Å². The topological polar surface area (TPSA) is 9.23 Å². The van der Waals surface area contributed by atoms with Crippen LogP contribution in [0.2, 0.25) is 0 Å². The van der Waals surface area contributed by atoms with E-state index in [4.69, 9.17) is 4.74 Å². The monoisotopic (exact) mass is 172 g/mol. The highest BCUT2D eigenvalue weighted by Crippen LogP contribution is 2.10. The maximum absolute atomic E-state index is 5.36. The number of ether oxygens (including phenoxy) is 1. The molecule has 1 saturated heterocycles. The van der Waals surface area contributed by atoms with E-state index in [1.807, 2.05) is 0 Å². The first-order valence-electron chi connectivity index (χ1n) is 5.18. The highest BCUT2D eigenvalue weighted by molar-refractivity contribution is 4.47. The van der Waals surface area contributed by atoms with E-state index >= 15 is 0 Å². The molecule has 1 fully saturated rings. The predicted octanol–water partition coefficient (Wildman–Crippen LogP) is 1.65. The van der Waals surface area contributed by atoms with Gasteiger partial charge >= 0.3 is 0 Å². The van der Waals surface area contributed by atoms with Crippen molar-refractivity contribution in [1.29, 1.82) is 0 Å². The Bertz CT molecular complexity index is 119. The van der Waals surface area contributed by atoms with Crippen LogP contribution in [0.1, 0.15) is 26.2 Å². The number of unbranched alkanes of at least 4 members (excludes halogenated alkanes) is 2. The van der Waals surface area contributed by atoms with Crippen molar-refractivity contribution in [3.8, 4) is 0 Å². The third kappa shape index (κ3) is 3.11. The molecule has 0 atom stereocenters. The Kier molecular flexibility index (Phi) is 4.02. The molecule has 1 aliphatic rings. The molecule has 0 N–H and O–H groups in total. The van der Waals surface area contributed by atoms with E-state index < -0.39 is 0 Å². The van der Waals surface area contributed by atoms with Crippen LogP contribution in [0, 0.1) is 0 Å². The van der Waals surface area contributed by atoms with Gasteiger partial charge in [0.2, 0.25) is 0 Å². The second-order valence-corrected chi connectivity index (χ2v) is 4.11. The van der Waals surface area contributed by atoms with Gasteiger partial charge < -0.3 is 9.22 Å². The van der Waals surface area contributed by atoms with E-state index in [9.17, 15) is 0 Å². The third-order valence-corrected chi connectivity index (χ3v) is 2.85. The number of rotatable bonds is 4. The lowest BCUT2D eigenvalue weighted by Crippen LogP contribution is -2.52. The quantitative estimate of drug-likeness (QED) is 0.463. The molecular formula is C10H22NO+. The van der Waals surface area contributed by atoms with Gasteiger partial charge in [-0.15, -0.1) is 0 Å². The minimum Gasteiger partial charge on any atom is -0.370 e. The van der Waals surface area contributed by atoms with Gasteiger partial charge in [0.25, 0.3) is 0 Å². The van der Waals surface area contributed by atoms with Crippen molar-refractivity contribution >= 4 is 0 Å². The van der Waals surface area contributed by atoms with E-state index in [2.05, 4.69) is 14.0 Å². The van der Waals surface area contributed by atoms with Gasteiger partial charge in [-0.3, -0.25) is 0 Å². The van der Waals surface area contributed by atoms with Gasteiger partial charge in [-0.2, -0.15) is 0 Å². The van der Waals surface area contributed by atoms with Crippen molar-refractivity contribution in [2.45, 2.75) is 26.2 Å². The fourth-order valence-electron chi connectivity index (χ4n) is 1.75. The van der Waals surface area contributed by atoms with Crippen molar-refractivity contribution in [1.82, 2.24) is 0 Å². The van der Waals surface area contributed by atoms with Crippen LogP contribution in [0.3, 0.4) is 0 Å². The first-order valence-corrected chi connectivity index (χ1v) is 5.18. The van der Waals surface area contributed by atoms with E-state index in [0.717, 1.165) is 13.2 Å². The molecule has 1 rings (SSSR count). The summed E-state index contributed by atoms with van der Waals surface area (Å²) in [6, 6.07) is 0. The van der Waals surface area contributed by atoms with Crippen LogP contribution in [0.5, 0.6) is 0 Å². The molecule has 0 bridgehead atoms. The molecule has 2 nitrogen and oxygen atoms in total. The maximum Gasteiger partial charge on any atom is 0.102 e. The van der Waals surface area contributed by atoms with Gasteiger partial charge in [0.05, 0.1) is 26.8 Å². The average Bonchev–Trinajstić information content (AvgIpc) is 2.06. The second kappa shape index (κ2) is 4.83. The number of hydrogen-bond acceptors (Lipinski definition) is 1. The SMILES string of the molecule is CCCCC[N+]1(C)CCOCC1. The normalized spacial score (nSPS) is 22.5. The molecule has 0 aromatic carbocycles. The van der Waals surface area contributed by atoms with Gasteiger partial charge in [-0.05, 0) is 12.8 Å². The van der Waals surface area contributed by atoms with Crippen LogP contribution < -0.4 is 0 Å². The van der Waals surface area contributed by atoms with Crippen molar-refractivity contribution in [3.05, 3.63) is 0 Å². The molecule has 1 aliphatic heterocycles. The van der Waals surface area contributed by atoms with E-state index in [-0.39, 0.29) is 0 Å². The molecule has 0 aromatic rings. The van der Waals surface area contributed by atoms with Crippen LogP contribution in [0.4, 0.5) is 0 Å². The zero-order chi connectivity index (χ0) is 8.86. The summed E-state index contributed by atoms with van der Waals surface area (Å²) in [4.78, 5) is 0. The summed E-state index contributed by atoms with van der Waals surface area (Å²) in [5, 5.41) is 0.